The molecule has 0 aliphatic rings. The normalized spacial score (nSPS) is 9.52. The Hall–Kier alpha value is -2.80. The first-order valence-corrected chi connectivity index (χ1v) is 8.40. The number of ketones is 1. The second-order valence-electron chi connectivity index (χ2n) is 5.78. The fraction of sp³-hybridized carbons (Fsp3) is 0.0435. The third-order valence-electron chi connectivity index (χ3n) is 3.92. The van der Waals surface area contributed by atoms with Gasteiger partial charge in [0.2, 0.25) is 0 Å². The molecule has 3 aromatic carbocycles. The molecule has 0 saturated heterocycles. The van der Waals surface area contributed by atoms with Gasteiger partial charge in [-0.05, 0) is 19.2 Å². The second kappa shape index (κ2) is 10.4. The van der Waals surface area contributed by atoms with Crippen molar-refractivity contribution in [3.8, 4) is 0 Å². The van der Waals surface area contributed by atoms with E-state index in [1.165, 1.54) is 0 Å². The predicted molar refractivity (Wildman–Crippen MR) is 107 cm³/mol. The van der Waals surface area contributed by atoms with Crippen LogP contribution in [-0.4, -0.2) is 17.8 Å². The molecule has 0 aliphatic heterocycles. The van der Waals surface area contributed by atoms with Crippen LogP contribution in [0.3, 0.4) is 0 Å². The molecule has 0 radical (unpaired) electrons. The quantitative estimate of drug-likeness (QED) is 0.268. The van der Waals surface area contributed by atoms with Gasteiger partial charge in [-0.15, -0.1) is 23.8 Å². The van der Waals surface area contributed by atoms with E-state index in [1.54, 1.807) is 6.54 Å². The molecule has 4 rings (SSSR count). The Bertz CT molecular complexity index is 921. The first-order chi connectivity index (χ1) is 12.7. The summed E-state index contributed by atoms with van der Waals surface area (Å²) in [7, 11) is 1.87. The van der Waals surface area contributed by atoms with Crippen LogP contribution in [0.5, 0.6) is 0 Å². The largest absolute Gasteiger partial charge is 2.00 e. The van der Waals surface area contributed by atoms with Gasteiger partial charge in [0, 0.05) is 11.5 Å². The number of hydrogen-bond donors (Lipinski definition) is 1. The Morgan fingerprint density at radius 2 is 1.48 bits per heavy atom. The van der Waals surface area contributed by atoms with E-state index in [9.17, 15) is 4.79 Å². The fourth-order valence-corrected chi connectivity index (χ4v) is 2.52. The van der Waals surface area contributed by atoms with Gasteiger partial charge in [-0.1, -0.05) is 66.8 Å². The van der Waals surface area contributed by atoms with Crippen molar-refractivity contribution in [1.29, 1.82) is 0 Å². The zero-order valence-electron chi connectivity index (χ0n) is 14.9. The molecule has 1 heterocycles. The Labute approximate surface area is 173 Å². The van der Waals surface area contributed by atoms with Gasteiger partial charge in [0.25, 0.3) is 0 Å². The molecule has 4 heteroatoms. The first kappa shape index (κ1) is 20.5. The average Bonchev–Trinajstić information content (AvgIpc) is 3.18. The predicted octanol–water partition coefficient (Wildman–Crippen LogP) is 5.13. The van der Waals surface area contributed by atoms with Gasteiger partial charge in [-0.25, -0.2) is 0 Å². The molecule has 0 aliphatic carbocycles. The molecule has 4 aromatic rings. The number of rotatable bonds is 4. The number of hydrogen-bond acceptors (Lipinski definition) is 2. The molecule has 0 unspecified atom stereocenters. The number of aromatic amines is 1. The molecule has 1 N–H and O–H groups in total. The summed E-state index contributed by atoms with van der Waals surface area (Å²) in [6.45, 7) is 1.60. The number of fused-ring (bicyclic) bond motifs is 1. The number of aromatic nitrogens is 1. The number of para-hydroxylation sites is 2. The smallest absolute Gasteiger partial charge is 0.426 e. The van der Waals surface area contributed by atoms with E-state index in [0.29, 0.717) is 5.56 Å². The standard InChI is InChI=1S/C15H14NO.C8H6N.Pd/c1-16(14-10-6-3-7-11-14)12-15(17)13-8-4-2-5-9-13;1-2-4-8-7(3-1)5-6-9-8;/h2-12H,1H3;1-4,6,9H;/q2*-1;+2. The van der Waals surface area contributed by atoms with Gasteiger partial charge in [0.05, 0.1) is 0 Å². The monoisotopic (exact) mass is 446 g/mol. The van der Waals surface area contributed by atoms with Crippen LogP contribution < -0.4 is 4.90 Å². The van der Waals surface area contributed by atoms with Crippen LogP contribution in [-0.2, 0) is 20.4 Å². The topological polar surface area (TPSA) is 36.1 Å². The van der Waals surface area contributed by atoms with E-state index in [-0.39, 0.29) is 26.2 Å². The van der Waals surface area contributed by atoms with Crippen molar-refractivity contribution in [2.24, 2.45) is 0 Å². The van der Waals surface area contributed by atoms with Crippen LogP contribution in [0.2, 0.25) is 0 Å². The fourth-order valence-electron chi connectivity index (χ4n) is 2.52. The van der Waals surface area contributed by atoms with Gasteiger partial charge in [0.15, 0.2) is 0 Å². The molecule has 0 bridgehead atoms. The Kier molecular flexibility index (Phi) is 7.88. The molecule has 0 spiro atoms. The minimum absolute atomic E-state index is 0. The molecule has 3 nitrogen and oxygen atoms in total. The summed E-state index contributed by atoms with van der Waals surface area (Å²) >= 11 is 0. The zero-order valence-corrected chi connectivity index (χ0v) is 16.5. The minimum atomic E-state index is 0. The molecular weight excluding hydrogens is 427 g/mol. The number of likely N-dealkylation sites (N-methyl/N-ethyl adjacent to an activating group) is 1. The molecular formula is C23H20N2OPd. The van der Waals surface area contributed by atoms with Crippen molar-refractivity contribution in [3.63, 3.8) is 0 Å². The van der Waals surface area contributed by atoms with E-state index in [2.05, 4.69) is 11.1 Å². The van der Waals surface area contributed by atoms with Gasteiger partial charge >= 0.3 is 20.4 Å². The minimum Gasteiger partial charge on any atom is -0.426 e. The summed E-state index contributed by atoms with van der Waals surface area (Å²) in [5, 5.41) is 1.15. The number of anilines is 1. The van der Waals surface area contributed by atoms with Gasteiger partial charge in [0.1, 0.15) is 0 Å². The van der Waals surface area contributed by atoms with E-state index >= 15 is 0 Å². The number of Topliss-reactive ketones (excluding diaryl/α,β-unsaturated/α-hetero) is 1. The van der Waals surface area contributed by atoms with Gasteiger partial charge in [-0.2, -0.15) is 17.5 Å². The zero-order chi connectivity index (χ0) is 18.2. The van der Waals surface area contributed by atoms with Crippen LogP contribution in [0.25, 0.3) is 10.9 Å². The summed E-state index contributed by atoms with van der Waals surface area (Å²) in [5.74, 6) is 0.0111. The number of carbonyl (C=O) groups is 1. The maximum absolute atomic E-state index is 11.9. The van der Waals surface area contributed by atoms with Crippen LogP contribution in [0, 0.1) is 12.6 Å². The third-order valence-corrected chi connectivity index (χ3v) is 3.92. The summed E-state index contributed by atoms with van der Waals surface area (Å²) in [4.78, 5) is 16.8. The van der Waals surface area contributed by atoms with E-state index < -0.39 is 0 Å². The number of carbonyl (C=O) groups excluding carboxylic acids is 1. The van der Waals surface area contributed by atoms with Crippen LogP contribution in [0.15, 0.2) is 91.1 Å². The maximum Gasteiger partial charge on any atom is 2.00 e. The average molecular weight is 447 g/mol. The van der Waals surface area contributed by atoms with Crippen LogP contribution in [0.4, 0.5) is 5.69 Å². The molecule has 0 fully saturated rings. The van der Waals surface area contributed by atoms with Crippen LogP contribution in [0.1, 0.15) is 10.4 Å². The van der Waals surface area contributed by atoms with Gasteiger partial charge < -0.3 is 14.7 Å². The van der Waals surface area contributed by atoms with Crippen molar-refractivity contribution >= 4 is 22.4 Å². The molecule has 1 aromatic heterocycles. The Morgan fingerprint density at radius 1 is 0.889 bits per heavy atom. The molecule has 0 atom stereocenters. The summed E-state index contributed by atoms with van der Waals surface area (Å²) in [5.41, 5.74) is 2.85. The molecule has 27 heavy (non-hydrogen) atoms. The van der Waals surface area contributed by atoms with Crippen LogP contribution >= 0.6 is 0 Å². The van der Waals surface area contributed by atoms with E-state index in [1.807, 2.05) is 103 Å². The van der Waals surface area contributed by atoms with Crippen molar-refractivity contribution < 1.29 is 25.2 Å². The first-order valence-electron chi connectivity index (χ1n) is 8.40. The van der Waals surface area contributed by atoms with E-state index in [0.717, 1.165) is 16.6 Å². The molecule has 138 valence electrons. The summed E-state index contributed by atoms with van der Waals surface area (Å²) in [6, 6.07) is 30.2. The number of nitrogens with zero attached hydrogens (tertiary/aromatic N) is 1. The number of nitrogens with one attached hydrogen (secondary N) is 1. The summed E-state index contributed by atoms with van der Waals surface area (Å²) in [6.07, 6.45) is 1.82. The Balaban J connectivity index is 0.000000220. The molecule has 0 amide bonds. The third kappa shape index (κ3) is 5.86. The van der Waals surface area contributed by atoms with Crippen molar-refractivity contribution in [3.05, 3.63) is 109 Å². The van der Waals surface area contributed by atoms with E-state index in [4.69, 9.17) is 0 Å². The van der Waals surface area contributed by atoms with Crippen molar-refractivity contribution in [2.45, 2.75) is 0 Å². The number of H-pyrrole nitrogens is 1. The van der Waals surface area contributed by atoms with Crippen molar-refractivity contribution in [1.82, 2.24) is 4.98 Å². The van der Waals surface area contributed by atoms with Gasteiger partial charge in [-0.3, -0.25) is 0 Å². The van der Waals surface area contributed by atoms with Crippen molar-refractivity contribution in [2.75, 3.05) is 11.9 Å². The number of benzene rings is 3. The second-order valence-corrected chi connectivity index (χ2v) is 5.78. The maximum atomic E-state index is 11.9. The molecule has 0 saturated carbocycles. The Morgan fingerprint density at radius 3 is 2.15 bits per heavy atom. The SMILES string of the molecule is CN([CH-]C(=O)c1ccccc1)c1ccccc1.[Pd+2].[c-]1c[nH]c2ccccc12. The summed E-state index contributed by atoms with van der Waals surface area (Å²) < 4.78 is 0.